The molecule has 3 aliphatic rings. The number of thioether (sulfide) groups is 1. The molecule has 2 aromatic rings. The van der Waals surface area contributed by atoms with Gasteiger partial charge in [-0.1, -0.05) is 15.9 Å². The van der Waals surface area contributed by atoms with E-state index >= 15 is 0 Å². The molecule has 2 heterocycles. The third-order valence-electron chi connectivity index (χ3n) is 6.20. The van der Waals surface area contributed by atoms with Crippen LogP contribution in [0.4, 0.5) is 10.1 Å². The molecule has 142 valence electrons. The number of nitrogens with zero attached hydrogens (tertiary/aromatic N) is 1. The predicted octanol–water partition coefficient (Wildman–Crippen LogP) is 5.67. The van der Waals surface area contributed by atoms with Crippen LogP contribution in [0.5, 0.6) is 0 Å². The van der Waals surface area contributed by atoms with Crippen LogP contribution >= 0.6 is 27.7 Å². The quantitative estimate of drug-likeness (QED) is 0.581. The molecule has 0 bridgehead atoms. The summed E-state index contributed by atoms with van der Waals surface area (Å²) < 4.78 is 30.3. The predicted molar refractivity (Wildman–Crippen MR) is 114 cm³/mol. The number of hydrogen-bond donors (Lipinski definition) is 0. The highest BCUT2D eigenvalue weighted by Crippen LogP contribution is 2.59. The molecule has 1 spiro atoms. The van der Waals surface area contributed by atoms with Crippen LogP contribution in [0, 0.1) is 11.7 Å². The summed E-state index contributed by atoms with van der Waals surface area (Å²) in [5.74, 6) is 2.63. The van der Waals surface area contributed by atoms with Crippen molar-refractivity contribution in [1.82, 2.24) is 0 Å². The summed E-state index contributed by atoms with van der Waals surface area (Å²) in [5, 5.41) is 0. The van der Waals surface area contributed by atoms with Gasteiger partial charge in [-0.3, -0.25) is 4.31 Å². The smallest absolute Gasteiger partial charge is 0.153 e. The maximum absolute atomic E-state index is 13.7. The van der Waals surface area contributed by atoms with Crippen LogP contribution in [0.15, 0.2) is 51.8 Å². The zero-order valence-electron chi connectivity index (χ0n) is 14.9. The van der Waals surface area contributed by atoms with E-state index in [-0.39, 0.29) is 17.3 Å². The van der Waals surface area contributed by atoms with Gasteiger partial charge in [0.1, 0.15) is 5.82 Å². The van der Waals surface area contributed by atoms with Crippen LogP contribution in [0.25, 0.3) is 0 Å². The molecule has 5 rings (SSSR count). The molecule has 0 N–H and O–H groups in total. The third-order valence-corrected chi connectivity index (χ3v) is 9.13. The van der Waals surface area contributed by atoms with Crippen LogP contribution in [-0.2, 0) is 16.4 Å². The normalized spacial score (nSPS) is 24.8. The molecular formula is C21H21BrFNOS2. The molecule has 1 saturated carbocycles. The molecule has 2 fully saturated rings. The van der Waals surface area contributed by atoms with E-state index in [9.17, 15) is 8.60 Å². The Hall–Kier alpha value is -0.850. The first-order valence-corrected chi connectivity index (χ1v) is 12.5. The van der Waals surface area contributed by atoms with Crippen molar-refractivity contribution in [2.45, 2.75) is 42.0 Å². The summed E-state index contributed by atoms with van der Waals surface area (Å²) in [5.41, 5.74) is 2.54. The highest BCUT2D eigenvalue weighted by Gasteiger charge is 2.57. The lowest BCUT2D eigenvalue weighted by atomic mass is 9.70. The van der Waals surface area contributed by atoms with Crippen LogP contribution in [0.1, 0.15) is 31.2 Å². The fraction of sp³-hybridized carbons (Fsp3) is 0.429. The zero-order valence-corrected chi connectivity index (χ0v) is 18.1. The van der Waals surface area contributed by atoms with Crippen molar-refractivity contribution in [2.24, 2.45) is 5.92 Å². The first kappa shape index (κ1) is 18.2. The Labute approximate surface area is 174 Å². The van der Waals surface area contributed by atoms with E-state index in [2.05, 4.69) is 32.4 Å². The molecule has 0 radical (unpaired) electrons. The fourth-order valence-corrected chi connectivity index (χ4v) is 7.94. The average molecular weight is 466 g/mol. The summed E-state index contributed by atoms with van der Waals surface area (Å²) in [6, 6.07) is 12.8. The zero-order chi connectivity index (χ0) is 18.6. The first-order chi connectivity index (χ1) is 13.1. The maximum atomic E-state index is 13.7. The van der Waals surface area contributed by atoms with Gasteiger partial charge in [-0.15, -0.1) is 0 Å². The second kappa shape index (κ2) is 6.89. The summed E-state index contributed by atoms with van der Waals surface area (Å²) in [6.07, 6.45) is 4.70. The summed E-state index contributed by atoms with van der Waals surface area (Å²) in [7, 11) is -1.33. The Bertz CT molecular complexity index is 894. The van der Waals surface area contributed by atoms with Gasteiger partial charge < -0.3 is 0 Å². The van der Waals surface area contributed by atoms with Crippen LogP contribution in [0.3, 0.4) is 0 Å². The molecular weight excluding hydrogens is 445 g/mol. The molecule has 0 aromatic heterocycles. The lowest BCUT2D eigenvalue weighted by molar-refractivity contribution is 0.317. The average Bonchev–Trinajstić information content (AvgIpc) is 3.48. The molecule has 2 unspecified atom stereocenters. The summed E-state index contributed by atoms with van der Waals surface area (Å²) in [6.45, 7) is 0. The lowest BCUT2D eigenvalue weighted by Crippen LogP contribution is -2.49. The van der Waals surface area contributed by atoms with Gasteiger partial charge in [0.15, 0.2) is 11.0 Å². The minimum atomic E-state index is -1.33. The SMILES string of the molecule is O=S(c1ccc(F)cc1)N1c2ccc(Br)cc2C2(CCSCC2)C1C1CC1. The largest absolute Gasteiger partial charge is 0.283 e. The standard InChI is InChI=1S/C21H21BrFNOS2/c22-15-3-8-19-18(13-15)21(9-11-26-12-10-21)20(14-1-2-14)24(19)27(25)17-6-4-16(23)5-7-17/h3-8,13-14,20H,1-2,9-12H2. The topological polar surface area (TPSA) is 20.3 Å². The second-order valence-corrected chi connectivity index (χ2v) is 11.2. The van der Waals surface area contributed by atoms with Crippen molar-refractivity contribution >= 4 is 44.4 Å². The third kappa shape index (κ3) is 2.99. The van der Waals surface area contributed by atoms with E-state index in [4.69, 9.17) is 0 Å². The molecule has 0 amide bonds. The second-order valence-electron chi connectivity index (χ2n) is 7.74. The van der Waals surface area contributed by atoms with Crippen molar-refractivity contribution < 1.29 is 8.60 Å². The molecule has 6 heteroatoms. The van der Waals surface area contributed by atoms with Crippen LogP contribution in [0.2, 0.25) is 0 Å². The molecule has 1 aliphatic carbocycles. The molecule has 27 heavy (non-hydrogen) atoms. The highest BCUT2D eigenvalue weighted by molar-refractivity contribution is 9.10. The van der Waals surface area contributed by atoms with Crippen molar-refractivity contribution in [3.8, 4) is 0 Å². The molecule has 2 nitrogen and oxygen atoms in total. The first-order valence-electron chi connectivity index (χ1n) is 9.45. The van der Waals surface area contributed by atoms with Gasteiger partial charge in [0.05, 0.1) is 16.6 Å². The Morgan fingerprint density at radius 3 is 2.48 bits per heavy atom. The van der Waals surface area contributed by atoms with Gasteiger partial charge in [-0.05, 0) is 91.1 Å². The van der Waals surface area contributed by atoms with Gasteiger partial charge >= 0.3 is 0 Å². The van der Waals surface area contributed by atoms with Crippen LogP contribution in [-0.4, -0.2) is 21.8 Å². The van der Waals surface area contributed by atoms with Gasteiger partial charge in [0.25, 0.3) is 0 Å². The fourth-order valence-electron chi connectivity index (χ4n) is 4.85. The molecule has 2 atom stereocenters. The van der Waals surface area contributed by atoms with E-state index in [1.54, 1.807) is 12.1 Å². The van der Waals surface area contributed by atoms with Crippen molar-refractivity contribution in [2.75, 3.05) is 15.8 Å². The van der Waals surface area contributed by atoms with Crippen LogP contribution < -0.4 is 4.31 Å². The Morgan fingerprint density at radius 1 is 1.11 bits per heavy atom. The number of hydrogen-bond acceptors (Lipinski definition) is 2. The maximum Gasteiger partial charge on any atom is 0.153 e. The number of fused-ring (bicyclic) bond motifs is 2. The van der Waals surface area contributed by atoms with Gasteiger partial charge in [0.2, 0.25) is 0 Å². The Balaban J connectivity index is 1.65. The van der Waals surface area contributed by atoms with Gasteiger partial charge in [0, 0.05) is 9.89 Å². The molecule has 2 aromatic carbocycles. The highest BCUT2D eigenvalue weighted by atomic mass is 79.9. The van der Waals surface area contributed by atoms with Crippen molar-refractivity contribution in [3.05, 3.63) is 58.3 Å². The Kier molecular flexibility index (Phi) is 4.64. The van der Waals surface area contributed by atoms with Crippen molar-refractivity contribution in [1.29, 1.82) is 0 Å². The summed E-state index contributed by atoms with van der Waals surface area (Å²) in [4.78, 5) is 0.679. The molecule has 1 saturated heterocycles. The number of benzene rings is 2. The Morgan fingerprint density at radius 2 is 1.81 bits per heavy atom. The van der Waals surface area contributed by atoms with Gasteiger partial charge in [-0.25, -0.2) is 8.60 Å². The minimum absolute atomic E-state index is 0.0845. The van der Waals surface area contributed by atoms with E-state index in [0.717, 1.165) is 34.5 Å². The lowest BCUT2D eigenvalue weighted by Gasteiger charge is -2.41. The summed E-state index contributed by atoms with van der Waals surface area (Å²) >= 11 is 5.68. The van der Waals surface area contributed by atoms with Gasteiger partial charge in [-0.2, -0.15) is 11.8 Å². The monoisotopic (exact) mass is 465 g/mol. The van der Waals surface area contributed by atoms with E-state index in [1.165, 1.54) is 30.5 Å². The number of halogens is 2. The minimum Gasteiger partial charge on any atom is -0.283 e. The van der Waals surface area contributed by atoms with E-state index < -0.39 is 11.0 Å². The van der Waals surface area contributed by atoms with E-state index in [0.29, 0.717) is 10.8 Å². The van der Waals surface area contributed by atoms with Crippen molar-refractivity contribution in [3.63, 3.8) is 0 Å². The molecule has 2 aliphatic heterocycles. The number of anilines is 1. The number of rotatable bonds is 3. The van der Waals surface area contributed by atoms with E-state index in [1.807, 2.05) is 17.8 Å².